The third kappa shape index (κ3) is 4.88. The van der Waals surface area contributed by atoms with Gasteiger partial charge in [-0.1, -0.05) is 38.1 Å². The van der Waals surface area contributed by atoms with Crippen LogP contribution in [0.4, 0.5) is 0 Å². The molecule has 0 heterocycles. The summed E-state index contributed by atoms with van der Waals surface area (Å²) in [4.78, 5) is 11.5. The highest BCUT2D eigenvalue weighted by molar-refractivity contribution is 6.20. The van der Waals surface area contributed by atoms with Crippen LogP contribution < -0.4 is 4.74 Å². The number of phenolic OH excluding ortho intramolecular Hbond substituents is 1. The summed E-state index contributed by atoms with van der Waals surface area (Å²) in [6.45, 7) is 4.79. The number of carboxylic acids is 1. The van der Waals surface area contributed by atoms with E-state index >= 15 is 0 Å². The molecule has 0 atom stereocenters. The van der Waals surface area contributed by atoms with Crippen molar-refractivity contribution in [1.29, 1.82) is 0 Å². The molecule has 0 aliphatic carbocycles. The van der Waals surface area contributed by atoms with Gasteiger partial charge in [0.15, 0.2) is 0 Å². The van der Waals surface area contributed by atoms with Crippen LogP contribution in [0.15, 0.2) is 48.5 Å². The Kier molecular flexibility index (Phi) is 5.41. The summed E-state index contributed by atoms with van der Waals surface area (Å²) in [5.74, 6) is 0.187. The van der Waals surface area contributed by atoms with E-state index in [0.717, 1.165) is 11.3 Å². The van der Waals surface area contributed by atoms with Crippen molar-refractivity contribution in [3.05, 3.63) is 59.7 Å². The number of rotatable bonds is 6. The van der Waals surface area contributed by atoms with E-state index in [2.05, 4.69) is 13.8 Å². The maximum atomic E-state index is 11.5. The molecular formula is C19H20O4. The highest BCUT2D eigenvalue weighted by Crippen LogP contribution is 2.23. The quantitative estimate of drug-likeness (QED) is 0.624. The maximum absolute atomic E-state index is 11.5. The van der Waals surface area contributed by atoms with Gasteiger partial charge in [0.25, 0.3) is 0 Å². The van der Waals surface area contributed by atoms with Crippen molar-refractivity contribution in [2.45, 2.75) is 13.8 Å². The molecule has 2 aromatic carbocycles. The fourth-order valence-corrected chi connectivity index (χ4v) is 2.03. The van der Waals surface area contributed by atoms with E-state index in [9.17, 15) is 15.0 Å². The Hall–Kier alpha value is -2.75. The third-order valence-corrected chi connectivity index (χ3v) is 3.16. The van der Waals surface area contributed by atoms with Crippen molar-refractivity contribution in [3.63, 3.8) is 0 Å². The van der Waals surface area contributed by atoms with E-state index in [1.54, 1.807) is 30.3 Å². The van der Waals surface area contributed by atoms with E-state index in [1.165, 1.54) is 12.1 Å². The molecule has 120 valence electrons. The second-order valence-corrected chi connectivity index (χ2v) is 5.69. The number of hydrogen-bond acceptors (Lipinski definition) is 3. The van der Waals surface area contributed by atoms with Gasteiger partial charge in [-0.3, -0.25) is 0 Å². The summed E-state index contributed by atoms with van der Waals surface area (Å²) < 4.78 is 5.61. The van der Waals surface area contributed by atoms with Crippen LogP contribution in [0.5, 0.6) is 11.5 Å². The first-order chi connectivity index (χ1) is 11.0. The molecule has 0 saturated heterocycles. The van der Waals surface area contributed by atoms with Gasteiger partial charge in [0, 0.05) is 0 Å². The molecule has 2 rings (SSSR count). The lowest BCUT2D eigenvalue weighted by Crippen LogP contribution is -2.04. The van der Waals surface area contributed by atoms with Crippen molar-refractivity contribution in [2.24, 2.45) is 5.92 Å². The summed E-state index contributed by atoms with van der Waals surface area (Å²) in [5.41, 5.74) is 1.33. The SMILES string of the molecule is CC(C)COc1ccc(/C=C(\C(=O)O)c2cccc(O)c2)cc1. The second-order valence-electron chi connectivity index (χ2n) is 5.69. The van der Waals surface area contributed by atoms with Crippen LogP contribution in [0.25, 0.3) is 11.6 Å². The lowest BCUT2D eigenvalue weighted by Gasteiger charge is -2.09. The Morgan fingerprint density at radius 2 is 1.87 bits per heavy atom. The van der Waals surface area contributed by atoms with Crippen molar-refractivity contribution in [3.8, 4) is 11.5 Å². The number of carboxylic acid groups (broad SMARTS) is 1. The molecule has 0 saturated carbocycles. The number of phenols is 1. The van der Waals surface area contributed by atoms with Crippen LogP contribution >= 0.6 is 0 Å². The van der Waals surface area contributed by atoms with Gasteiger partial charge in [-0.25, -0.2) is 4.79 Å². The highest BCUT2D eigenvalue weighted by atomic mass is 16.5. The Bertz CT molecular complexity index is 700. The molecule has 0 aliphatic rings. The molecule has 0 aromatic heterocycles. The number of carbonyl (C=O) groups is 1. The van der Waals surface area contributed by atoms with Crippen LogP contribution in [0, 0.1) is 5.92 Å². The molecule has 0 radical (unpaired) electrons. The van der Waals surface area contributed by atoms with Gasteiger partial charge in [0.2, 0.25) is 0 Å². The van der Waals surface area contributed by atoms with E-state index < -0.39 is 5.97 Å². The molecule has 0 aliphatic heterocycles. The number of ether oxygens (including phenoxy) is 1. The lowest BCUT2D eigenvalue weighted by molar-refractivity contribution is -0.130. The summed E-state index contributed by atoms with van der Waals surface area (Å²) >= 11 is 0. The molecule has 0 amide bonds. The fraction of sp³-hybridized carbons (Fsp3) is 0.211. The van der Waals surface area contributed by atoms with Gasteiger partial charge in [-0.15, -0.1) is 0 Å². The predicted molar refractivity (Wildman–Crippen MR) is 90.4 cm³/mol. The minimum atomic E-state index is -1.05. The summed E-state index contributed by atoms with van der Waals surface area (Å²) in [7, 11) is 0. The third-order valence-electron chi connectivity index (χ3n) is 3.16. The minimum Gasteiger partial charge on any atom is -0.508 e. The highest BCUT2D eigenvalue weighted by Gasteiger charge is 2.11. The first-order valence-corrected chi connectivity index (χ1v) is 7.43. The summed E-state index contributed by atoms with van der Waals surface area (Å²) in [5, 5.41) is 18.9. The molecule has 2 N–H and O–H groups in total. The first kappa shape index (κ1) is 16.6. The van der Waals surface area contributed by atoms with Gasteiger partial charge >= 0.3 is 5.97 Å². The number of hydrogen-bond donors (Lipinski definition) is 2. The summed E-state index contributed by atoms with van der Waals surface area (Å²) in [6.07, 6.45) is 1.57. The molecule has 4 heteroatoms. The molecule has 0 bridgehead atoms. The van der Waals surface area contributed by atoms with Crippen LogP contribution in [-0.4, -0.2) is 22.8 Å². The Morgan fingerprint density at radius 1 is 1.17 bits per heavy atom. The zero-order valence-corrected chi connectivity index (χ0v) is 13.2. The average molecular weight is 312 g/mol. The normalized spacial score (nSPS) is 11.5. The fourth-order valence-electron chi connectivity index (χ4n) is 2.03. The van der Waals surface area contributed by atoms with Gasteiger partial charge in [-0.2, -0.15) is 0 Å². The molecule has 2 aromatic rings. The molecule has 0 spiro atoms. The second kappa shape index (κ2) is 7.49. The Balaban J connectivity index is 2.24. The van der Waals surface area contributed by atoms with Crippen LogP contribution in [0.2, 0.25) is 0 Å². The average Bonchev–Trinajstić information content (AvgIpc) is 2.51. The van der Waals surface area contributed by atoms with Crippen molar-refractivity contribution in [1.82, 2.24) is 0 Å². The smallest absolute Gasteiger partial charge is 0.336 e. The molecular weight excluding hydrogens is 292 g/mol. The van der Waals surface area contributed by atoms with Crippen LogP contribution in [0.1, 0.15) is 25.0 Å². The maximum Gasteiger partial charge on any atom is 0.336 e. The van der Waals surface area contributed by atoms with Gasteiger partial charge in [0.05, 0.1) is 12.2 Å². The van der Waals surface area contributed by atoms with E-state index in [4.69, 9.17) is 4.74 Å². The van der Waals surface area contributed by atoms with Crippen LogP contribution in [-0.2, 0) is 4.79 Å². The standard InChI is InChI=1S/C19H20O4/c1-13(2)12-23-17-8-6-14(7-9-17)10-18(19(21)22)15-4-3-5-16(20)11-15/h3-11,13,20H,12H2,1-2H3,(H,21,22)/b18-10-. The monoisotopic (exact) mass is 312 g/mol. The molecule has 0 fully saturated rings. The predicted octanol–water partition coefficient (Wildman–Crippen LogP) is 4.05. The molecule has 0 unspecified atom stereocenters. The zero-order valence-electron chi connectivity index (χ0n) is 13.2. The van der Waals surface area contributed by atoms with Gasteiger partial charge < -0.3 is 14.9 Å². The van der Waals surface area contributed by atoms with Crippen LogP contribution in [0.3, 0.4) is 0 Å². The van der Waals surface area contributed by atoms with Crippen molar-refractivity contribution >= 4 is 17.6 Å². The largest absolute Gasteiger partial charge is 0.508 e. The topological polar surface area (TPSA) is 66.8 Å². The molecule has 4 nitrogen and oxygen atoms in total. The van der Waals surface area contributed by atoms with Gasteiger partial charge in [0.1, 0.15) is 11.5 Å². The Morgan fingerprint density at radius 3 is 2.43 bits per heavy atom. The van der Waals surface area contributed by atoms with E-state index in [-0.39, 0.29) is 11.3 Å². The lowest BCUT2D eigenvalue weighted by atomic mass is 10.0. The number of benzene rings is 2. The van der Waals surface area contributed by atoms with Gasteiger partial charge in [-0.05, 0) is 47.4 Å². The molecule has 23 heavy (non-hydrogen) atoms. The zero-order chi connectivity index (χ0) is 16.8. The minimum absolute atomic E-state index is 0.0343. The number of aromatic hydroxyl groups is 1. The number of aliphatic carboxylic acids is 1. The van der Waals surface area contributed by atoms with Crippen molar-refractivity contribution in [2.75, 3.05) is 6.61 Å². The summed E-state index contributed by atoms with van der Waals surface area (Å²) in [6, 6.07) is 13.4. The van der Waals surface area contributed by atoms with Crippen molar-refractivity contribution < 1.29 is 19.7 Å². The van der Waals surface area contributed by atoms with E-state index in [0.29, 0.717) is 18.1 Å². The van der Waals surface area contributed by atoms with E-state index in [1.807, 2.05) is 12.1 Å². The Labute approximate surface area is 135 Å². The first-order valence-electron chi connectivity index (χ1n) is 7.43.